The summed E-state index contributed by atoms with van der Waals surface area (Å²) < 4.78 is 11.5. The monoisotopic (exact) mass is 331 g/mol. The average molecular weight is 331 g/mol. The molecule has 2 saturated heterocycles. The first-order valence-corrected chi connectivity index (χ1v) is 8.71. The van der Waals surface area contributed by atoms with Crippen molar-refractivity contribution in [3.05, 3.63) is 36.0 Å². The van der Waals surface area contributed by atoms with Crippen LogP contribution in [0.4, 0.5) is 0 Å². The number of likely N-dealkylation sites (tertiary alicyclic amines) is 1. The van der Waals surface area contributed by atoms with Crippen LogP contribution in [0, 0.1) is 5.41 Å². The third-order valence-corrected chi connectivity index (χ3v) is 5.07. The fourth-order valence-corrected chi connectivity index (χ4v) is 4.06. The molecular formula is C17H25N5O2. The number of hydrogen-bond donors (Lipinski definition) is 1. The molecule has 7 nitrogen and oxygen atoms in total. The van der Waals surface area contributed by atoms with Gasteiger partial charge in [-0.3, -0.25) is 9.80 Å². The highest BCUT2D eigenvalue weighted by molar-refractivity contribution is 5.00. The molecule has 7 heteroatoms. The Bertz CT molecular complexity index is 615. The Hall–Kier alpha value is -1.70. The molecule has 0 bridgehead atoms. The number of aromatic amines is 1. The van der Waals surface area contributed by atoms with Gasteiger partial charge >= 0.3 is 0 Å². The summed E-state index contributed by atoms with van der Waals surface area (Å²) in [5.74, 6) is 1.04. The lowest BCUT2D eigenvalue weighted by molar-refractivity contribution is 0.000574. The quantitative estimate of drug-likeness (QED) is 0.916. The SMILES string of the molecule is c1coc(CN2CCC[C@]3(COCCN(Cc4cn[nH]n4)C3)C2)c1. The van der Waals surface area contributed by atoms with E-state index in [-0.39, 0.29) is 5.41 Å². The molecule has 2 aliphatic rings. The molecule has 0 radical (unpaired) electrons. The molecule has 2 fully saturated rings. The molecule has 1 spiro atoms. The number of nitrogens with zero attached hydrogens (tertiary/aromatic N) is 4. The molecule has 0 aromatic carbocycles. The van der Waals surface area contributed by atoms with Crippen molar-refractivity contribution in [1.82, 2.24) is 25.2 Å². The van der Waals surface area contributed by atoms with Gasteiger partial charge < -0.3 is 9.15 Å². The summed E-state index contributed by atoms with van der Waals surface area (Å²) in [6.45, 7) is 7.54. The van der Waals surface area contributed by atoms with E-state index in [1.165, 1.54) is 12.8 Å². The van der Waals surface area contributed by atoms with E-state index in [1.54, 1.807) is 6.26 Å². The molecule has 0 amide bonds. The minimum atomic E-state index is 0.199. The van der Waals surface area contributed by atoms with Crippen molar-refractivity contribution in [3.8, 4) is 0 Å². The molecule has 0 saturated carbocycles. The van der Waals surface area contributed by atoms with Gasteiger partial charge in [0, 0.05) is 31.6 Å². The number of rotatable bonds is 4. The van der Waals surface area contributed by atoms with Crippen LogP contribution >= 0.6 is 0 Å². The highest BCUT2D eigenvalue weighted by Crippen LogP contribution is 2.34. The first kappa shape index (κ1) is 15.8. The Morgan fingerprint density at radius 3 is 2.92 bits per heavy atom. The van der Waals surface area contributed by atoms with Crippen LogP contribution in [-0.4, -0.2) is 64.6 Å². The highest BCUT2D eigenvalue weighted by Gasteiger charge is 2.39. The lowest BCUT2D eigenvalue weighted by atomic mass is 9.80. The van der Waals surface area contributed by atoms with Crippen LogP contribution in [0.15, 0.2) is 29.0 Å². The van der Waals surface area contributed by atoms with Gasteiger partial charge in [-0.05, 0) is 31.5 Å². The predicted octanol–water partition coefficient (Wildman–Crippen LogP) is 1.51. The predicted molar refractivity (Wildman–Crippen MR) is 88.1 cm³/mol. The van der Waals surface area contributed by atoms with Crippen molar-refractivity contribution in [2.45, 2.75) is 25.9 Å². The summed E-state index contributed by atoms with van der Waals surface area (Å²) in [6, 6.07) is 4.02. The maximum atomic E-state index is 5.99. The van der Waals surface area contributed by atoms with Crippen molar-refractivity contribution in [3.63, 3.8) is 0 Å². The summed E-state index contributed by atoms with van der Waals surface area (Å²) >= 11 is 0. The Labute approximate surface area is 142 Å². The molecule has 2 aliphatic heterocycles. The number of piperidine rings is 1. The molecule has 2 aromatic heterocycles. The van der Waals surface area contributed by atoms with Gasteiger partial charge in [0.05, 0.1) is 37.9 Å². The number of furan rings is 1. The molecule has 1 N–H and O–H groups in total. The van der Waals surface area contributed by atoms with Crippen molar-refractivity contribution in [2.24, 2.45) is 5.41 Å². The third kappa shape index (κ3) is 3.68. The van der Waals surface area contributed by atoms with E-state index in [9.17, 15) is 0 Å². The van der Waals surface area contributed by atoms with Gasteiger partial charge in [-0.25, -0.2) is 0 Å². The van der Waals surface area contributed by atoms with E-state index in [1.807, 2.05) is 12.3 Å². The van der Waals surface area contributed by atoms with E-state index in [2.05, 4.69) is 31.3 Å². The Morgan fingerprint density at radius 1 is 1.21 bits per heavy atom. The first-order chi connectivity index (χ1) is 11.8. The molecule has 24 heavy (non-hydrogen) atoms. The Kier molecular flexibility index (Phi) is 4.64. The molecule has 130 valence electrons. The molecular weight excluding hydrogens is 306 g/mol. The van der Waals surface area contributed by atoms with E-state index in [0.717, 1.165) is 63.9 Å². The number of H-pyrrole nitrogens is 1. The van der Waals surface area contributed by atoms with Gasteiger partial charge in [-0.15, -0.1) is 0 Å². The minimum Gasteiger partial charge on any atom is -0.468 e. The summed E-state index contributed by atoms with van der Waals surface area (Å²) in [4.78, 5) is 4.96. The smallest absolute Gasteiger partial charge is 0.117 e. The van der Waals surface area contributed by atoms with E-state index in [4.69, 9.17) is 9.15 Å². The second-order valence-corrected chi connectivity index (χ2v) is 7.12. The second kappa shape index (κ2) is 7.04. The van der Waals surface area contributed by atoms with Crippen LogP contribution < -0.4 is 0 Å². The summed E-state index contributed by atoms with van der Waals surface area (Å²) in [6.07, 6.45) is 5.99. The van der Waals surface area contributed by atoms with Crippen LogP contribution in [0.5, 0.6) is 0 Å². The van der Waals surface area contributed by atoms with E-state index in [0.29, 0.717) is 0 Å². The molecule has 1 atom stereocenters. The minimum absolute atomic E-state index is 0.199. The molecule has 0 unspecified atom stereocenters. The largest absolute Gasteiger partial charge is 0.468 e. The zero-order valence-corrected chi connectivity index (χ0v) is 14.0. The number of aromatic nitrogens is 3. The zero-order chi connectivity index (χ0) is 16.2. The molecule has 4 heterocycles. The van der Waals surface area contributed by atoms with E-state index < -0.39 is 0 Å². The van der Waals surface area contributed by atoms with Gasteiger partial charge in [-0.2, -0.15) is 15.4 Å². The van der Waals surface area contributed by atoms with Gasteiger partial charge in [0.25, 0.3) is 0 Å². The fraction of sp³-hybridized carbons (Fsp3) is 0.647. The van der Waals surface area contributed by atoms with Crippen molar-refractivity contribution in [2.75, 3.05) is 39.4 Å². The van der Waals surface area contributed by atoms with Gasteiger partial charge in [0.2, 0.25) is 0 Å². The fourth-order valence-electron chi connectivity index (χ4n) is 4.06. The number of hydrogen-bond acceptors (Lipinski definition) is 6. The van der Waals surface area contributed by atoms with Gasteiger partial charge in [0.15, 0.2) is 0 Å². The normalized spacial score (nSPS) is 26.7. The third-order valence-electron chi connectivity index (χ3n) is 5.07. The van der Waals surface area contributed by atoms with Crippen LogP contribution in [0.1, 0.15) is 24.3 Å². The maximum absolute atomic E-state index is 5.99. The molecule has 0 aliphatic carbocycles. The summed E-state index contributed by atoms with van der Waals surface area (Å²) in [5.41, 5.74) is 1.20. The van der Waals surface area contributed by atoms with Crippen LogP contribution in [-0.2, 0) is 17.8 Å². The molecule has 2 aromatic rings. The zero-order valence-electron chi connectivity index (χ0n) is 14.0. The van der Waals surface area contributed by atoms with E-state index >= 15 is 0 Å². The number of nitrogens with one attached hydrogen (secondary N) is 1. The lowest BCUT2D eigenvalue weighted by Gasteiger charge is -2.43. The number of ether oxygens (including phenoxy) is 1. The summed E-state index contributed by atoms with van der Waals surface area (Å²) in [7, 11) is 0. The topological polar surface area (TPSA) is 70.4 Å². The van der Waals surface area contributed by atoms with Gasteiger partial charge in [-0.1, -0.05) is 0 Å². The van der Waals surface area contributed by atoms with Crippen molar-refractivity contribution >= 4 is 0 Å². The first-order valence-electron chi connectivity index (χ1n) is 8.71. The van der Waals surface area contributed by atoms with Crippen LogP contribution in [0.2, 0.25) is 0 Å². The highest BCUT2D eigenvalue weighted by atomic mass is 16.5. The standard InChI is InChI=1S/C17H25N5O2/c1-3-16(24-7-1)11-21-5-2-4-17(12-21)13-22(6-8-23-14-17)10-15-9-18-20-19-15/h1,3,7,9H,2,4-6,8,10-14H2,(H,18,19,20)/t17-/m0/s1. The van der Waals surface area contributed by atoms with Crippen molar-refractivity contribution in [1.29, 1.82) is 0 Å². The van der Waals surface area contributed by atoms with Crippen LogP contribution in [0.25, 0.3) is 0 Å². The summed E-state index contributed by atoms with van der Waals surface area (Å²) in [5, 5.41) is 10.8. The Balaban J connectivity index is 1.43. The van der Waals surface area contributed by atoms with Crippen molar-refractivity contribution < 1.29 is 9.15 Å². The Morgan fingerprint density at radius 2 is 2.12 bits per heavy atom. The second-order valence-electron chi connectivity index (χ2n) is 7.12. The molecule has 4 rings (SSSR count). The average Bonchev–Trinajstić information content (AvgIpc) is 3.22. The lowest BCUT2D eigenvalue weighted by Crippen LogP contribution is -2.50. The van der Waals surface area contributed by atoms with Crippen LogP contribution in [0.3, 0.4) is 0 Å². The van der Waals surface area contributed by atoms with Gasteiger partial charge in [0.1, 0.15) is 5.76 Å². The maximum Gasteiger partial charge on any atom is 0.117 e.